The molecule has 41 heavy (non-hydrogen) atoms. The van der Waals surface area contributed by atoms with Gasteiger partial charge in [-0.25, -0.2) is 13.4 Å². The topological polar surface area (TPSA) is 105 Å². The Balaban J connectivity index is 1.33. The summed E-state index contributed by atoms with van der Waals surface area (Å²) in [7, 11) is -1.98. The van der Waals surface area contributed by atoms with Crippen LogP contribution in [0.25, 0.3) is 11.3 Å². The number of aromatic nitrogens is 4. The Bertz CT molecular complexity index is 1600. The van der Waals surface area contributed by atoms with E-state index in [0.29, 0.717) is 38.3 Å². The summed E-state index contributed by atoms with van der Waals surface area (Å²) in [6.45, 7) is 2.77. The molecule has 2 atom stereocenters. The van der Waals surface area contributed by atoms with E-state index in [1.165, 1.54) is 26.9 Å². The maximum atomic E-state index is 14.2. The Hall–Kier alpha value is -3.80. The Kier molecular flexibility index (Phi) is 7.74. The number of piperazine rings is 1. The number of piperidine rings is 1. The molecule has 0 saturated carbocycles. The SMILES string of the molecule is Cn1cc(S(=O)(=O)N2CCCC(n3cnc(C(=O)N4CCNC[C@H]4Cc4ccccc4)c3-c3ccccc3)C2)cn1. The van der Waals surface area contributed by atoms with Crippen molar-refractivity contribution in [1.82, 2.24) is 33.9 Å². The van der Waals surface area contributed by atoms with E-state index in [2.05, 4.69) is 22.5 Å². The lowest BCUT2D eigenvalue weighted by atomic mass is 10.0. The molecule has 0 radical (unpaired) electrons. The van der Waals surface area contributed by atoms with Gasteiger partial charge in [0.2, 0.25) is 10.0 Å². The molecule has 1 unspecified atom stereocenters. The van der Waals surface area contributed by atoms with Crippen LogP contribution in [0.1, 0.15) is 34.9 Å². The maximum absolute atomic E-state index is 14.2. The minimum absolute atomic E-state index is 0.00206. The van der Waals surface area contributed by atoms with Crippen molar-refractivity contribution in [3.63, 3.8) is 0 Å². The molecule has 2 aromatic heterocycles. The second kappa shape index (κ2) is 11.6. The van der Waals surface area contributed by atoms with E-state index < -0.39 is 10.0 Å². The van der Waals surface area contributed by atoms with Crippen molar-refractivity contribution in [1.29, 1.82) is 0 Å². The zero-order valence-electron chi connectivity index (χ0n) is 23.1. The monoisotopic (exact) mass is 573 g/mol. The zero-order valence-corrected chi connectivity index (χ0v) is 23.9. The number of sulfonamides is 1. The van der Waals surface area contributed by atoms with E-state index in [1.54, 1.807) is 13.4 Å². The van der Waals surface area contributed by atoms with Gasteiger partial charge in [0.25, 0.3) is 5.91 Å². The number of aryl methyl sites for hydroxylation is 1. The van der Waals surface area contributed by atoms with Crippen molar-refractivity contribution in [3.05, 3.63) is 90.6 Å². The quantitative estimate of drug-likeness (QED) is 0.365. The molecule has 4 heterocycles. The Morgan fingerprint density at radius 2 is 1.80 bits per heavy atom. The van der Waals surface area contributed by atoms with Gasteiger partial charge in [0.15, 0.2) is 5.69 Å². The lowest BCUT2D eigenvalue weighted by molar-refractivity contribution is 0.0631. The first-order valence-electron chi connectivity index (χ1n) is 14.1. The second-order valence-corrected chi connectivity index (χ2v) is 12.7. The van der Waals surface area contributed by atoms with Crippen molar-refractivity contribution in [3.8, 4) is 11.3 Å². The van der Waals surface area contributed by atoms with Crippen LogP contribution in [-0.2, 0) is 23.5 Å². The minimum atomic E-state index is -3.69. The first-order valence-corrected chi connectivity index (χ1v) is 15.5. The first kappa shape index (κ1) is 27.4. The van der Waals surface area contributed by atoms with E-state index in [1.807, 2.05) is 58.0 Å². The summed E-state index contributed by atoms with van der Waals surface area (Å²) in [6.07, 6.45) is 6.88. The normalized spacial score (nSPS) is 20.3. The van der Waals surface area contributed by atoms with Crippen LogP contribution in [0.3, 0.4) is 0 Å². The number of nitrogens with one attached hydrogen (secondary N) is 1. The van der Waals surface area contributed by atoms with Crippen molar-refractivity contribution in [2.45, 2.75) is 36.2 Å². The highest BCUT2D eigenvalue weighted by Crippen LogP contribution is 2.33. The number of benzene rings is 2. The maximum Gasteiger partial charge on any atom is 0.275 e. The van der Waals surface area contributed by atoms with Gasteiger partial charge in [-0.15, -0.1) is 0 Å². The number of carbonyl (C=O) groups excluding carboxylic acids is 1. The van der Waals surface area contributed by atoms with Gasteiger partial charge in [-0.1, -0.05) is 60.7 Å². The second-order valence-electron chi connectivity index (χ2n) is 10.8. The standard InChI is InChI=1S/C30H35N7O3S/c1-34-21-27(19-33-34)41(39,40)35-15-8-13-25(20-35)37-22-32-28(29(37)24-11-6-3-7-12-24)30(38)36-16-14-31-18-26(36)17-23-9-4-2-5-10-23/h2-7,9-12,19,21-22,25-26,31H,8,13-18,20H2,1H3/t25?,26-/m1/s1. The molecule has 10 nitrogen and oxygen atoms in total. The van der Waals surface area contributed by atoms with Crippen molar-refractivity contribution >= 4 is 15.9 Å². The lowest BCUT2D eigenvalue weighted by Gasteiger charge is -2.36. The molecule has 2 aliphatic rings. The first-order chi connectivity index (χ1) is 19.9. The fraction of sp³-hybridized carbons (Fsp3) is 0.367. The molecule has 0 bridgehead atoms. The summed E-state index contributed by atoms with van der Waals surface area (Å²) in [6, 6.07) is 19.9. The largest absolute Gasteiger partial charge is 0.331 e. The molecule has 1 amide bonds. The van der Waals surface area contributed by atoms with E-state index in [9.17, 15) is 13.2 Å². The summed E-state index contributed by atoms with van der Waals surface area (Å²) in [4.78, 5) is 21.0. The summed E-state index contributed by atoms with van der Waals surface area (Å²) >= 11 is 0. The predicted octanol–water partition coefficient (Wildman–Crippen LogP) is 2.97. The predicted molar refractivity (Wildman–Crippen MR) is 156 cm³/mol. The van der Waals surface area contributed by atoms with Crippen molar-refractivity contribution in [2.24, 2.45) is 7.05 Å². The number of amides is 1. The molecule has 1 N–H and O–H groups in total. The number of rotatable bonds is 7. The molecule has 4 aromatic rings. The average molecular weight is 574 g/mol. The van der Waals surface area contributed by atoms with E-state index in [4.69, 9.17) is 4.98 Å². The van der Waals surface area contributed by atoms with Crippen LogP contribution in [0.2, 0.25) is 0 Å². The van der Waals surface area contributed by atoms with Gasteiger partial charge < -0.3 is 14.8 Å². The van der Waals surface area contributed by atoms with Crippen LogP contribution in [0.4, 0.5) is 0 Å². The van der Waals surface area contributed by atoms with Gasteiger partial charge >= 0.3 is 0 Å². The summed E-state index contributed by atoms with van der Waals surface area (Å²) in [5.74, 6) is -0.0966. The molecule has 2 saturated heterocycles. The summed E-state index contributed by atoms with van der Waals surface area (Å²) in [5, 5.41) is 7.50. The van der Waals surface area contributed by atoms with Gasteiger partial charge in [-0.05, 0) is 24.8 Å². The highest BCUT2D eigenvalue weighted by molar-refractivity contribution is 7.89. The third-order valence-corrected chi connectivity index (χ3v) is 9.86. The molecule has 11 heteroatoms. The Labute approximate surface area is 240 Å². The van der Waals surface area contributed by atoms with E-state index in [0.717, 1.165) is 30.6 Å². The molecule has 0 spiro atoms. The molecule has 2 aliphatic heterocycles. The van der Waals surface area contributed by atoms with Gasteiger partial charge in [0.05, 0.1) is 18.2 Å². The Morgan fingerprint density at radius 3 is 2.54 bits per heavy atom. The van der Waals surface area contributed by atoms with Gasteiger partial charge in [0.1, 0.15) is 4.90 Å². The molecular weight excluding hydrogens is 538 g/mol. The number of nitrogens with zero attached hydrogens (tertiary/aromatic N) is 6. The number of imidazole rings is 1. The van der Waals surface area contributed by atoms with Gasteiger partial charge in [-0.2, -0.15) is 9.40 Å². The minimum Gasteiger partial charge on any atom is -0.331 e. The molecule has 2 aromatic carbocycles. The van der Waals surface area contributed by atoms with E-state index in [-0.39, 0.29) is 22.9 Å². The molecule has 0 aliphatic carbocycles. The Morgan fingerprint density at radius 1 is 1.05 bits per heavy atom. The smallest absolute Gasteiger partial charge is 0.275 e. The molecule has 2 fully saturated rings. The van der Waals surface area contributed by atoms with Crippen LogP contribution in [0.5, 0.6) is 0 Å². The van der Waals surface area contributed by atoms with Crippen LogP contribution < -0.4 is 5.32 Å². The number of carbonyl (C=O) groups is 1. The highest BCUT2D eigenvalue weighted by atomic mass is 32.2. The third kappa shape index (κ3) is 5.57. The fourth-order valence-electron chi connectivity index (χ4n) is 5.96. The number of hydrogen-bond acceptors (Lipinski definition) is 6. The third-order valence-electron chi connectivity index (χ3n) is 8.04. The summed E-state index contributed by atoms with van der Waals surface area (Å²) in [5.41, 5.74) is 3.21. The van der Waals surface area contributed by atoms with Crippen molar-refractivity contribution < 1.29 is 13.2 Å². The lowest BCUT2D eigenvalue weighted by Crippen LogP contribution is -2.54. The average Bonchev–Trinajstić information content (AvgIpc) is 3.65. The van der Waals surface area contributed by atoms with E-state index >= 15 is 0 Å². The molecule has 214 valence electrons. The highest BCUT2D eigenvalue weighted by Gasteiger charge is 2.35. The summed E-state index contributed by atoms with van der Waals surface area (Å²) < 4.78 is 31.9. The van der Waals surface area contributed by atoms with Crippen LogP contribution in [0.15, 0.2) is 84.3 Å². The van der Waals surface area contributed by atoms with Crippen LogP contribution >= 0.6 is 0 Å². The van der Waals surface area contributed by atoms with Crippen molar-refractivity contribution in [2.75, 3.05) is 32.7 Å². The number of hydrogen-bond donors (Lipinski definition) is 1. The molecular formula is C30H35N7O3S. The fourth-order valence-corrected chi connectivity index (χ4v) is 7.46. The van der Waals surface area contributed by atoms with Crippen LogP contribution in [0, 0.1) is 0 Å². The van der Waals surface area contributed by atoms with Gasteiger partial charge in [0, 0.05) is 63.6 Å². The van der Waals surface area contributed by atoms with Gasteiger partial charge in [-0.3, -0.25) is 9.48 Å². The van der Waals surface area contributed by atoms with Crippen LogP contribution in [-0.4, -0.2) is 81.6 Å². The molecule has 6 rings (SSSR count). The zero-order chi connectivity index (χ0) is 28.4.